The van der Waals surface area contributed by atoms with E-state index in [1.54, 1.807) is 0 Å². The number of aromatic amines is 1. The number of aromatic nitrogens is 2. The van der Waals surface area contributed by atoms with E-state index < -0.39 is 0 Å². The first-order valence-electron chi connectivity index (χ1n) is 4.13. The van der Waals surface area contributed by atoms with Gasteiger partial charge in [-0.15, -0.1) is 5.10 Å². The first-order chi connectivity index (χ1) is 6.74. The van der Waals surface area contributed by atoms with Gasteiger partial charge in [-0.05, 0) is 31.3 Å². The van der Waals surface area contributed by atoms with Crippen LogP contribution in [-0.4, -0.2) is 10.2 Å². The predicted octanol–water partition coefficient (Wildman–Crippen LogP) is 2.78. The average molecular weight is 207 g/mol. The summed E-state index contributed by atoms with van der Waals surface area (Å²) in [7, 11) is 0. The van der Waals surface area contributed by atoms with Crippen molar-refractivity contribution in [3.8, 4) is 0 Å². The highest BCUT2D eigenvalue weighted by Gasteiger charge is 1.98. The van der Waals surface area contributed by atoms with Gasteiger partial charge in [-0.25, -0.2) is 5.10 Å². The second-order valence-electron chi connectivity index (χ2n) is 2.91. The minimum Gasteiger partial charge on any atom is -0.396 e. The molecule has 1 heterocycles. The Morgan fingerprint density at radius 1 is 1.36 bits per heavy atom. The molecule has 0 aliphatic heterocycles. The van der Waals surface area contributed by atoms with E-state index in [0.717, 1.165) is 5.69 Å². The first-order valence-corrected chi connectivity index (χ1v) is 4.54. The fourth-order valence-corrected chi connectivity index (χ4v) is 1.17. The van der Waals surface area contributed by atoms with Gasteiger partial charge in [-0.2, -0.15) is 0 Å². The molecule has 0 aliphatic rings. The Bertz CT molecular complexity index is 471. The molecule has 1 aromatic heterocycles. The molecule has 0 radical (unpaired) electrons. The number of anilines is 2. The molecule has 0 atom stereocenters. The van der Waals surface area contributed by atoms with Gasteiger partial charge < -0.3 is 9.73 Å². The summed E-state index contributed by atoms with van der Waals surface area (Å²) in [6, 6.07) is 8.28. The van der Waals surface area contributed by atoms with Gasteiger partial charge in [0.2, 0.25) is 0 Å². The summed E-state index contributed by atoms with van der Waals surface area (Å²) in [6.07, 6.45) is 0. The highest BCUT2D eigenvalue weighted by Crippen LogP contribution is 2.14. The second kappa shape index (κ2) is 3.63. The lowest BCUT2D eigenvalue weighted by molar-refractivity contribution is 0.555. The molecule has 1 aromatic carbocycles. The standard InChI is InChI=1S/C9H9N3OS/c1-6-2-4-7(5-3-6)10-8-11-12-9(14)13-8/h2-5H,1H3,(H,10,11)(H,12,14). The normalized spacial score (nSPS) is 10.1. The highest BCUT2D eigenvalue weighted by atomic mass is 32.1. The molecule has 0 saturated heterocycles. The van der Waals surface area contributed by atoms with E-state index in [4.69, 9.17) is 16.6 Å². The summed E-state index contributed by atoms with van der Waals surface area (Å²) in [6.45, 7) is 2.03. The average Bonchev–Trinajstić information content (AvgIpc) is 2.56. The smallest absolute Gasteiger partial charge is 0.318 e. The summed E-state index contributed by atoms with van der Waals surface area (Å²) in [5.41, 5.74) is 2.12. The maximum absolute atomic E-state index is 5.05. The molecular weight excluding hydrogens is 198 g/mol. The zero-order valence-electron chi connectivity index (χ0n) is 7.57. The Kier molecular flexibility index (Phi) is 2.32. The quantitative estimate of drug-likeness (QED) is 0.743. The Hall–Kier alpha value is -1.62. The molecule has 0 saturated carbocycles. The van der Waals surface area contributed by atoms with Crippen LogP contribution >= 0.6 is 12.2 Å². The van der Waals surface area contributed by atoms with Gasteiger partial charge in [-0.1, -0.05) is 17.7 Å². The van der Waals surface area contributed by atoms with Crippen molar-refractivity contribution in [2.45, 2.75) is 6.92 Å². The van der Waals surface area contributed by atoms with Crippen LogP contribution in [0.4, 0.5) is 11.7 Å². The van der Waals surface area contributed by atoms with Crippen LogP contribution in [0, 0.1) is 11.8 Å². The molecular formula is C9H9N3OS. The third-order valence-corrected chi connectivity index (χ3v) is 1.92. The van der Waals surface area contributed by atoms with E-state index in [1.165, 1.54) is 5.56 Å². The lowest BCUT2D eigenvalue weighted by atomic mass is 10.2. The maximum Gasteiger partial charge on any atom is 0.318 e. The number of aryl methyl sites for hydroxylation is 1. The summed E-state index contributed by atoms with van der Waals surface area (Å²) in [5.74, 6) is 0. The van der Waals surface area contributed by atoms with Crippen molar-refractivity contribution in [3.63, 3.8) is 0 Å². The van der Waals surface area contributed by atoms with Gasteiger partial charge in [0, 0.05) is 5.69 Å². The number of hydrogen-bond donors (Lipinski definition) is 2. The van der Waals surface area contributed by atoms with Crippen molar-refractivity contribution in [1.82, 2.24) is 10.2 Å². The molecule has 0 bridgehead atoms. The van der Waals surface area contributed by atoms with E-state index in [9.17, 15) is 0 Å². The van der Waals surface area contributed by atoms with Gasteiger partial charge in [0.15, 0.2) is 0 Å². The van der Waals surface area contributed by atoms with Gasteiger partial charge in [0.25, 0.3) is 4.84 Å². The number of hydrogen-bond acceptors (Lipinski definition) is 4. The Morgan fingerprint density at radius 3 is 2.64 bits per heavy atom. The van der Waals surface area contributed by atoms with E-state index in [1.807, 2.05) is 31.2 Å². The molecule has 4 nitrogen and oxygen atoms in total. The molecule has 14 heavy (non-hydrogen) atoms. The van der Waals surface area contributed by atoms with E-state index >= 15 is 0 Å². The molecule has 2 N–H and O–H groups in total. The second-order valence-corrected chi connectivity index (χ2v) is 3.28. The minimum atomic E-state index is 0.264. The predicted molar refractivity (Wildman–Crippen MR) is 56.1 cm³/mol. The van der Waals surface area contributed by atoms with Crippen LogP contribution in [0.5, 0.6) is 0 Å². The van der Waals surface area contributed by atoms with Crippen LogP contribution in [0.1, 0.15) is 5.56 Å². The molecule has 0 spiro atoms. The van der Waals surface area contributed by atoms with E-state index in [-0.39, 0.29) is 4.84 Å². The SMILES string of the molecule is Cc1ccc(Nc2n[nH]c(=S)o2)cc1. The molecule has 0 amide bonds. The van der Waals surface area contributed by atoms with Gasteiger partial charge in [0.05, 0.1) is 0 Å². The van der Waals surface area contributed by atoms with Gasteiger partial charge >= 0.3 is 6.01 Å². The summed E-state index contributed by atoms with van der Waals surface area (Å²) < 4.78 is 5.05. The zero-order chi connectivity index (χ0) is 9.97. The van der Waals surface area contributed by atoms with Crippen LogP contribution in [0.25, 0.3) is 0 Å². The third-order valence-electron chi connectivity index (χ3n) is 1.74. The van der Waals surface area contributed by atoms with Crippen LogP contribution < -0.4 is 5.32 Å². The molecule has 2 rings (SSSR count). The summed E-state index contributed by atoms with van der Waals surface area (Å²) in [5, 5.41) is 9.34. The monoisotopic (exact) mass is 207 g/mol. The van der Waals surface area contributed by atoms with Crippen molar-refractivity contribution >= 4 is 23.9 Å². The fourth-order valence-electron chi connectivity index (χ4n) is 1.04. The number of benzene rings is 1. The Balaban J connectivity index is 2.19. The lowest BCUT2D eigenvalue weighted by Gasteiger charge is -2.00. The molecule has 72 valence electrons. The number of nitrogens with zero attached hydrogens (tertiary/aromatic N) is 1. The van der Waals surface area contributed by atoms with Gasteiger partial charge in [-0.3, -0.25) is 0 Å². The zero-order valence-corrected chi connectivity index (χ0v) is 8.39. The molecule has 0 aliphatic carbocycles. The fraction of sp³-hybridized carbons (Fsp3) is 0.111. The number of rotatable bonds is 2. The van der Waals surface area contributed by atoms with E-state index in [2.05, 4.69) is 15.5 Å². The summed E-state index contributed by atoms with van der Waals surface area (Å²) >= 11 is 4.75. The summed E-state index contributed by atoms with van der Waals surface area (Å²) in [4.78, 5) is 0.264. The van der Waals surface area contributed by atoms with Crippen LogP contribution in [0.15, 0.2) is 28.7 Å². The van der Waals surface area contributed by atoms with Crippen molar-refractivity contribution in [1.29, 1.82) is 0 Å². The van der Waals surface area contributed by atoms with Crippen molar-refractivity contribution in [3.05, 3.63) is 34.7 Å². The number of nitrogens with one attached hydrogen (secondary N) is 2. The number of H-pyrrole nitrogens is 1. The Labute approximate surface area is 86.0 Å². The van der Waals surface area contributed by atoms with Crippen molar-refractivity contribution in [2.24, 2.45) is 0 Å². The molecule has 0 fully saturated rings. The molecule has 0 unspecified atom stereocenters. The Morgan fingerprint density at radius 2 is 2.07 bits per heavy atom. The topological polar surface area (TPSA) is 53.9 Å². The highest BCUT2D eigenvalue weighted by molar-refractivity contribution is 7.71. The minimum absolute atomic E-state index is 0.264. The first kappa shape index (κ1) is 8.96. The molecule has 2 aromatic rings. The van der Waals surface area contributed by atoms with Crippen molar-refractivity contribution < 1.29 is 4.42 Å². The van der Waals surface area contributed by atoms with Crippen molar-refractivity contribution in [2.75, 3.05) is 5.32 Å². The largest absolute Gasteiger partial charge is 0.396 e. The third kappa shape index (κ3) is 2.00. The molecule has 5 heteroatoms. The maximum atomic E-state index is 5.05. The lowest BCUT2D eigenvalue weighted by Crippen LogP contribution is -1.89. The van der Waals surface area contributed by atoms with Gasteiger partial charge in [0.1, 0.15) is 0 Å². The van der Waals surface area contributed by atoms with E-state index in [0.29, 0.717) is 6.01 Å². The van der Waals surface area contributed by atoms with Crippen LogP contribution in [-0.2, 0) is 0 Å². The van der Waals surface area contributed by atoms with Crippen LogP contribution in [0.3, 0.4) is 0 Å². The van der Waals surface area contributed by atoms with Crippen LogP contribution in [0.2, 0.25) is 0 Å².